The Morgan fingerprint density at radius 1 is 1.03 bits per heavy atom. The van der Waals surface area contributed by atoms with Gasteiger partial charge in [-0.25, -0.2) is 17.9 Å². The molecule has 2 heterocycles. The lowest BCUT2D eigenvalue weighted by molar-refractivity contribution is 0.0974. The fourth-order valence-electron chi connectivity index (χ4n) is 3.46. The number of amides is 1. The molecule has 1 aliphatic rings. The molecule has 1 aliphatic heterocycles. The molecule has 164 valence electrons. The van der Waals surface area contributed by atoms with Crippen LogP contribution < -0.4 is 4.90 Å². The molecule has 1 unspecified atom stereocenters. The molecule has 0 radical (unpaired) electrons. The molecule has 2 aromatic carbocycles. The Balaban J connectivity index is 0.00000132. The second-order valence-electron chi connectivity index (χ2n) is 6.66. The normalized spacial score (nSPS) is 14.1. The number of benzene rings is 2. The zero-order valence-electron chi connectivity index (χ0n) is 17.1. The van der Waals surface area contributed by atoms with E-state index in [2.05, 4.69) is 5.10 Å². The predicted octanol–water partition coefficient (Wildman–Crippen LogP) is 6.45. The Bertz CT molecular complexity index is 1130. The summed E-state index contributed by atoms with van der Waals surface area (Å²) in [4.78, 5) is 14.2. The lowest BCUT2D eigenvalue weighted by Gasteiger charge is -2.26. The minimum absolute atomic E-state index is 0.0445. The molecule has 31 heavy (non-hydrogen) atoms. The fraction of sp³-hybridized carbons (Fsp3) is 0.273. The molecule has 0 saturated carbocycles. The summed E-state index contributed by atoms with van der Waals surface area (Å²) in [5.41, 5.74) is 0.628. The van der Waals surface area contributed by atoms with E-state index in [4.69, 9.17) is 23.2 Å². The molecule has 9 heteroatoms. The molecule has 0 spiro atoms. The largest absolute Gasteiger partial charge is 0.304 e. The van der Waals surface area contributed by atoms with E-state index in [0.29, 0.717) is 12.0 Å². The molecule has 4 rings (SSSR count). The number of halogens is 5. The van der Waals surface area contributed by atoms with E-state index in [1.54, 1.807) is 13.0 Å². The van der Waals surface area contributed by atoms with Crippen LogP contribution in [0.15, 0.2) is 36.4 Å². The van der Waals surface area contributed by atoms with Gasteiger partial charge in [-0.3, -0.25) is 4.79 Å². The molecule has 0 N–H and O–H groups in total. The van der Waals surface area contributed by atoms with Crippen molar-refractivity contribution in [2.75, 3.05) is 11.4 Å². The van der Waals surface area contributed by atoms with E-state index < -0.39 is 29.4 Å². The Morgan fingerprint density at radius 2 is 1.71 bits per heavy atom. The van der Waals surface area contributed by atoms with E-state index in [0.717, 1.165) is 6.07 Å². The Labute approximate surface area is 188 Å². The molecule has 1 atom stereocenters. The van der Waals surface area contributed by atoms with Gasteiger partial charge in [0.25, 0.3) is 5.91 Å². The standard InChI is InChI=1S/C20H14Cl2F3N3O.C2H6/c1-10(11-4-2-6-14(23)16(11)24)28-19(22)12-8-9-27(20(29)18(12)26-28)15-7-3-5-13(21)17(15)25;1-2/h2-7,10H,8-9H2,1H3;1-2H3. The smallest absolute Gasteiger partial charge is 0.279 e. The lowest BCUT2D eigenvalue weighted by Crippen LogP contribution is -2.38. The molecule has 0 bridgehead atoms. The fourth-order valence-corrected chi connectivity index (χ4v) is 3.99. The molecule has 0 fully saturated rings. The monoisotopic (exact) mass is 469 g/mol. The van der Waals surface area contributed by atoms with Gasteiger partial charge in [0.2, 0.25) is 0 Å². The van der Waals surface area contributed by atoms with Crippen LogP contribution in [0.5, 0.6) is 0 Å². The molecule has 1 aromatic heterocycles. The van der Waals surface area contributed by atoms with Crippen molar-refractivity contribution < 1.29 is 18.0 Å². The number of nitrogens with zero attached hydrogens (tertiary/aromatic N) is 3. The first-order valence-electron chi connectivity index (χ1n) is 9.78. The number of aromatic nitrogens is 2. The van der Waals surface area contributed by atoms with Gasteiger partial charge < -0.3 is 4.90 Å². The van der Waals surface area contributed by atoms with E-state index >= 15 is 0 Å². The third-order valence-electron chi connectivity index (χ3n) is 5.00. The number of rotatable bonds is 3. The lowest BCUT2D eigenvalue weighted by atomic mass is 10.1. The highest BCUT2D eigenvalue weighted by Crippen LogP contribution is 2.34. The van der Waals surface area contributed by atoms with Crippen LogP contribution in [0, 0.1) is 17.5 Å². The third kappa shape index (κ3) is 4.04. The quantitative estimate of drug-likeness (QED) is 0.442. The van der Waals surface area contributed by atoms with Crippen molar-refractivity contribution in [1.82, 2.24) is 9.78 Å². The van der Waals surface area contributed by atoms with Crippen LogP contribution in [0.3, 0.4) is 0 Å². The highest BCUT2D eigenvalue weighted by Gasteiger charge is 2.34. The van der Waals surface area contributed by atoms with E-state index in [1.165, 1.54) is 33.8 Å². The first-order chi connectivity index (χ1) is 14.8. The van der Waals surface area contributed by atoms with Gasteiger partial charge >= 0.3 is 0 Å². The summed E-state index contributed by atoms with van der Waals surface area (Å²) >= 11 is 12.2. The molecular weight excluding hydrogens is 450 g/mol. The maximum absolute atomic E-state index is 14.4. The van der Waals surface area contributed by atoms with Crippen LogP contribution in [0.2, 0.25) is 10.2 Å². The average molecular weight is 470 g/mol. The topological polar surface area (TPSA) is 38.1 Å². The zero-order valence-corrected chi connectivity index (χ0v) is 18.6. The zero-order chi connectivity index (χ0) is 22.9. The van der Waals surface area contributed by atoms with Crippen LogP contribution in [0.25, 0.3) is 0 Å². The number of hydrogen-bond acceptors (Lipinski definition) is 2. The summed E-state index contributed by atoms with van der Waals surface area (Å²) in [6.45, 7) is 5.78. The average Bonchev–Trinajstić information content (AvgIpc) is 3.11. The molecule has 3 aromatic rings. The molecule has 4 nitrogen and oxygen atoms in total. The van der Waals surface area contributed by atoms with E-state index in [9.17, 15) is 18.0 Å². The van der Waals surface area contributed by atoms with E-state index in [-0.39, 0.29) is 33.7 Å². The van der Waals surface area contributed by atoms with Gasteiger partial charge in [0, 0.05) is 17.7 Å². The molecule has 0 aliphatic carbocycles. The summed E-state index contributed by atoms with van der Waals surface area (Å²) in [6, 6.07) is 7.46. The van der Waals surface area contributed by atoms with Gasteiger partial charge in [-0.2, -0.15) is 5.10 Å². The van der Waals surface area contributed by atoms with Crippen molar-refractivity contribution in [3.05, 3.63) is 80.8 Å². The van der Waals surface area contributed by atoms with Crippen LogP contribution in [0.4, 0.5) is 18.9 Å². The van der Waals surface area contributed by atoms with Gasteiger partial charge in [0.15, 0.2) is 23.1 Å². The second kappa shape index (κ2) is 9.32. The maximum Gasteiger partial charge on any atom is 0.279 e. The minimum atomic E-state index is -1.00. The van der Waals surface area contributed by atoms with Crippen molar-refractivity contribution in [2.24, 2.45) is 0 Å². The highest BCUT2D eigenvalue weighted by atomic mass is 35.5. The van der Waals surface area contributed by atoms with Crippen LogP contribution in [-0.2, 0) is 6.42 Å². The summed E-state index contributed by atoms with van der Waals surface area (Å²) in [7, 11) is 0. The summed E-state index contributed by atoms with van der Waals surface area (Å²) in [5, 5.41) is 4.32. The summed E-state index contributed by atoms with van der Waals surface area (Å²) in [6.07, 6.45) is 0.324. The van der Waals surface area contributed by atoms with Gasteiger partial charge in [0.1, 0.15) is 5.15 Å². The van der Waals surface area contributed by atoms with Gasteiger partial charge in [-0.15, -0.1) is 0 Å². The summed E-state index contributed by atoms with van der Waals surface area (Å²) < 4.78 is 43.5. The van der Waals surface area contributed by atoms with Crippen molar-refractivity contribution in [2.45, 2.75) is 33.2 Å². The molecule has 0 saturated heterocycles. The number of anilines is 1. The van der Waals surface area contributed by atoms with Crippen LogP contribution in [-0.4, -0.2) is 22.2 Å². The third-order valence-corrected chi connectivity index (χ3v) is 5.69. The van der Waals surface area contributed by atoms with E-state index in [1.807, 2.05) is 13.8 Å². The van der Waals surface area contributed by atoms with Gasteiger partial charge in [-0.1, -0.05) is 55.2 Å². The van der Waals surface area contributed by atoms with Gasteiger partial charge in [0.05, 0.1) is 16.8 Å². The van der Waals surface area contributed by atoms with Crippen molar-refractivity contribution in [1.29, 1.82) is 0 Å². The van der Waals surface area contributed by atoms with Gasteiger partial charge in [-0.05, 0) is 31.5 Å². The number of carbonyl (C=O) groups excluding carboxylic acids is 1. The first-order valence-corrected chi connectivity index (χ1v) is 10.5. The predicted molar refractivity (Wildman–Crippen MR) is 116 cm³/mol. The van der Waals surface area contributed by atoms with Crippen LogP contribution >= 0.6 is 23.2 Å². The summed E-state index contributed by atoms with van der Waals surface area (Å²) in [5.74, 6) is -3.23. The SMILES string of the molecule is CC.CC(c1cccc(F)c1F)n1nc2c(c1Cl)CCN(c1cccc(Cl)c1F)C2=O. The van der Waals surface area contributed by atoms with Crippen molar-refractivity contribution >= 4 is 34.8 Å². The molecule has 1 amide bonds. The minimum Gasteiger partial charge on any atom is -0.304 e. The number of fused-ring (bicyclic) bond motifs is 1. The first kappa shape index (κ1) is 23.2. The van der Waals surface area contributed by atoms with Crippen molar-refractivity contribution in [3.63, 3.8) is 0 Å². The second-order valence-corrected chi connectivity index (χ2v) is 7.43. The Morgan fingerprint density at radius 3 is 2.42 bits per heavy atom. The van der Waals surface area contributed by atoms with Crippen LogP contribution in [0.1, 0.15) is 48.4 Å². The maximum atomic E-state index is 14.4. The Hall–Kier alpha value is -2.51. The Kier molecular flexibility index (Phi) is 6.96. The van der Waals surface area contributed by atoms with Crippen molar-refractivity contribution in [3.8, 4) is 0 Å². The molecular formula is C22H20Cl2F3N3O. The number of carbonyl (C=O) groups is 1. The number of hydrogen-bond donors (Lipinski definition) is 0. The highest BCUT2D eigenvalue weighted by molar-refractivity contribution is 6.32.